The van der Waals surface area contributed by atoms with Gasteiger partial charge in [0.25, 0.3) is 5.56 Å². The number of carbonyl (C=O) groups is 1. The number of hydrogen-bond donors (Lipinski definition) is 0. The molecule has 1 atom stereocenters. The summed E-state index contributed by atoms with van der Waals surface area (Å²) >= 11 is 4.94. The number of esters is 1. The monoisotopic (exact) mass is 587 g/mol. The molecule has 6 nitrogen and oxygen atoms in total. The van der Waals surface area contributed by atoms with Crippen LogP contribution in [0.1, 0.15) is 29.7 Å². The Hall–Kier alpha value is -3.75. The molecule has 0 spiro atoms. The van der Waals surface area contributed by atoms with E-state index in [1.54, 1.807) is 11.5 Å². The summed E-state index contributed by atoms with van der Waals surface area (Å²) in [6.45, 7) is 1.99. The Morgan fingerprint density at radius 1 is 1.08 bits per heavy atom. The molecule has 1 aliphatic rings. The lowest BCUT2D eigenvalue weighted by molar-refractivity contribution is -0.138. The highest BCUT2D eigenvalue weighted by atomic mass is 79.9. The van der Waals surface area contributed by atoms with Crippen molar-refractivity contribution in [3.05, 3.63) is 125 Å². The average molecular weight is 589 g/mol. The molecule has 2 heterocycles. The number of anilines is 1. The number of nitrogens with zero attached hydrogens (tertiary/aromatic N) is 3. The highest BCUT2D eigenvalue weighted by Crippen LogP contribution is 2.35. The van der Waals surface area contributed by atoms with Crippen LogP contribution in [0.4, 0.5) is 5.69 Å². The minimum absolute atomic E-state index is 0.204. The Bertz CT molecular complexity index is 1710. The Kier molecular flexibility index (Phi) is 7.44. The van der Waals surface area contributed by atoms with Crippen molar-refractivity contribution >= 4 is 50.7 Å². The van der Waals surface area contributed by atoms with Crippen LogP contribution >= 0.6 is 27.3 Å². The van der Waals surface area contributed by atoms with Crippen molar-refractivity contribution < 1.29 is 9.53 Å². The van der Waals surface area contributed by atoms with Crippen molar-refractivity contribution in [2.45, 2.75) is 13.0 Å². The number of hydrogen-bond acceptors (Lipinski definition) is 6. The van der Waals surface area contributed by atoms with Gasteiger partial charge in [-0.15, -0.1) is 0 Å². The maximum absolute atomic E-state index is 13.9. The van der Waals surface area contributed by atoms with E-state index < -0.39 is 12.0 Å². The van der Waals surface area contributed by atoms with E-state index in [0.717, 1.165) is 26.9 Å². The van der Waals surface area contributed by atoms with E-state index in [-0.39, 0.29) is 12.2 Å². The molecule has 0 saturated carbocycles. The summed E-state index contributed by atoms with van der Waals surface area (Å²) in [4.78, 5) is 34.8. The third-order valence-corrected chi connectivity index (χ3v) is 7.86. The van der Waals surface area contributed by atoms with Crippen LogP contribution in [-0.2, 0) is 9.53 Å². The summed E-state index contributed by atoms with van der Waals surface area (Å²) in [5.41, 5.74) is 4.19. The Morgan fingerprint density at radius 3 is 2.39 bits per heavy atom. The van der Waals surface area contributed by atoms with Crippen molar-refractivity contribution in [2.75, 3.05) is 25.6 Å². The predicted molar refractivity (Wildman–Crippen MR) is 156 cm³/mol. The molecule has 0 bridgehead atoms. The highest BCUT2D eigenvalue weighted by Gasteiger charge is 2.35. The SMILES string of the molecule is CCOC(=O)C1=C(c2ccccc2)N=c2s/c(=C\c3ccc(N(C)C)c(Br)c3)c(=O)n2[C@@H]1c1ccccc1. The molecule has 8 heteroatoms. The van der Waals surface area contributed by atoms with E-state index in [9.17, 15) is 9.59 Å². The van der Waals surface area contributed by atoms with Gasteiger partial charge in [0.15, 0.2) is 4.80 Å². The lowest BCUT2D eigenvalue weighted by Gasteiger charge is -2.25. The van der Waals surface area contributed by atoms with Crippen LogP contribution in [0.15, 0.2) is 98.7 Å². The van der Waals surface area contributed by atoms with Gasteiger partial charge in [-0.2, -0.15) is 0 Å². The van der Waals surface area contributed by atoms with E-state index in [1.807, 2.05) is 104 Å². The number of aromatic nitrogens is 1. The Morgan fingerprint density at radius 2 is 1.76 bits per heavy atom. The van der Waals surface area contributed by atoms with Crippen LogP contribution < -0.4 is 19.8 Å². The van der Waals surface area contributed by atoms with Crippen molar-refractivity contribution in [3.63, 3.8) is 0 Å². The van der Waals surface area contributed by atoms with Gasteiger partial charge in [0.05, 0.1) is 34.1 Å². The van der Waals surface area contributed by atoms with E-state index in [4.69, 9.17) is 9.73 Å². The summed E-state index contributed by atoms with van der Waals surface area (Å²) in [7, 11) is 3.96. The first-order valence-electron chi connectivity index (χ1n) is 12.2. The molecule has 5 rings (SSSR count). The second-order valence-corrected chi connectivity index (χ2v) is 10.8. The third-order valence-electron chi connectivity index (χ3n) is 6.24. The normalized spacial score (nSPS) is 15.2. The first-order valence-corrected chi connectivity index (χ1v) is 13.8. The predicted octanol–water partition coefficient (Wildman–Crippen LogP) is 4.76. The van der Waals surface area contributed by atoms with Gasteiger partial charge in [0.2, 0.25) is 0 Å². The van der Waals surface area contributed by atoms with Gasteiger partial charge < -0.3 is 9.64 Å². The molecule has 1 aliphatic heterocycles. The van der Waals surface area contributed by atoms with Crippen LogP contribution in [0.2, 0.25) is 0 Å². The molecule has 0 fully saturated rings. The average Bonchev–Trinajstić information content (AvgIpc) is 3.23. The minimum atomic E-state index is -0.674. The van der Waals surface area contributed by atoms with Crippen LogP contribution in [0.25, 0.3) is 11.8 Å². The molecule has 4 aromatic rings. The molecule has 192 valence electrons. The number of ether oxygens (including phenoxy) is 1. The molecule has 0 aliphatic carbocycles. The molecular formula is C30H26BrN3O3S. The molecule has 0 radical (unpaired) electrons. The van der Waals surface area contributed by atoms with Crippen LogP contribution in [0, 0.1) is 0 Å². The highest BCUT2D eigenvalue weighted by molar-refractivity contribution is 9.10. The quantitative estimate of drug-likeness (QED) is 0.305. The fraction of sp³-hybridized carbons (Fsp3) is 0.167. The fourth-order valence-corrected chi connectivity index (χ4v) is 6.27. The summed E-state index contributed by atoms with van der Waals surface area (Å²) in [5.74, 6) is -0.485. The van der Waals surface area contributed by atoms with Gasteiger partial charge in [0, 0.05) is 24.1 Å². The number of rotatable bonds is 6. The van der Waals surface area contributed by atoms with Crippen molar-refractivity contribution in [2.24, 2.45) is 4.99 Å². The van der Waals surface area contributed by atoms with Gasteiger partial charge in [-0.1, -0.05) is 78.1 Å². The van der Waals surface area contributed by atoms with E-state index in [2.05, 4.69) is 15.9 Å². The zero-order chi connectivity index (χ0) is 26.8. The minimum Gasteiger partial charge on any atom is -0.463 e. The van der Waals surface area contributed by atoms with Gasteiger partial charge in [-0.25, -0.2) is 9.79 Å². The second kappa shape index (κ2) is 10.9. The maximum atomic E-state index is 13.9. The van der Waals surface area contributed by atoms with Gasteiger partial charge >= 0.3 is 5.97 Å². The second-order valence-electron chi connectivity index (χ2n) is 8.95. The van der Waals surface area contributed by atoms with E-state index in [1.165, 1.54) is 11.3 Å². The molecule has 0 N–H and O–H groups in total. The largest absolute Gasteiger partial charge is 0.463 e. The first-order chi connectivity index (χ1) is 18.4. The number of thiazole rings is 1. The van der Waals surface area contributed by atoms with Crippen LogP contribution in [0.3, 0.4) is 0 Å². The Balaban J connectivity index is 1.78. The molecular weight excluding hydrogens is 562 g/mol. The zero-order valence-electron chi connectivity index (χ0n) is 21.2. The van der Waals surface area contributed by atoms with Gasteiger partial charge in [-0.3, -0.25) is 9.36 Å². The number of halogens is 1. The van der Waals surface area contributed by atoms with Crippen molar-refractivity contribution in [3.8, 4) is 0 Å². The smallest absolute Gasteiger partial charge is 0.338 e. The van der Waals surface area contributed by atoms with E-state index in [0.29, 0.717) is 20.6 Å². The fourth-order valence-electron chi connectivity index (χ4n) is 4.52. The van der Waals surface area contributed by atoms with Crippen molar-refractivity contribution in [1.82, 2.24) is 4.57 Å². The Labute approximate surface area is 233 Å². The standard InChI is InChI=1S/C30H26BrN3O3S/c1-4-37-29(36)25-26(20-11-7-5-8-12-20)32-30-34(27(25)21-13-9-6-10-14-21)28(35)24(38-30)18-19-15-16-23(33(2)3)22(31)17-19/h5-18,27H,4H2,1-3H3/b24-18-/t27-/m1/s1. The van der Waals surface area contributed by atoms with Gasteiger partial charge in [-0.05, 0) is 52.2 Å². The van der Waals surface area contributed by atoms with Crippen LogP contribution in [-0.4, -0.2) is 31.2 Å². The first kappa shape index (κ1) is 25.9. The maximum Gasteiger partial charge on any atom is 0.338 e. The zero-order valence-corrected chi connectivity index (χ0v) is 23.6. The number of carbonyl (C=O) groups excluding carboxylic acids is 1. The lowest BCUT2D eigenvalue weighted by Crippen LogP contribution is -2.39. The number of benzene rings is 3. The van der Waals surface area contributed by atoms with Gasteiger partial charge in [0.1, 0.15) is 0 Å². The summed E-state index contributed by atoms with van der Waals surface area (Å²) in [5, 5.41) is 0. The molecule has 0 amide bonds. The molecule has 1 aromatic heterocycles. The van der Waals surface area contributed by atoms with Crippen molar-refractivity contribution in [1.29, 1.82) is 0 Å². The van der Waals surface area contributed by atoms with Crippen LogP contribution in [0.5, 0.6) is 0 Å². The summed E-state index contributed by atoms with van der Waals surface area (Å²) < 4.78 is 8.59. The number of fused-ring (bicyclic) bond motifs is 1. The topological polar surface area (TPSA) is 63.9 Å². The third kappa shape index (κ3) is 4.89. The molecule has 3 aromatic carbocycles. The molecule has 38 heavy (non-hydrogen) atoms. The molecule has 0 unspecified atom stereocenters. The summed E-state index contributed by atoms with van der Waals surface area (Å²) in [6, 6.07) is 24.4. The lowest BCUT2D eigenvalue weighted by atomic mass is 9.93. The molecule has 0 saturated heterocycles. The summed E-state index contributed by atoms with van der Waals surface area (Å²) in [6.07, 6.45) is 1.87. The van der Waals surface area contributed by atoms with E-state index >= 15 is 0 Å².